The molecule has 0 saturated carbocycles. The van der Waals surface area contributed by atoms with Crippen molar-refractivity contribution in [3.63, 3.8) is 0 Å². The van der Waals surface area contributed by atoms with Gasteiger partial charge in [-0.1, -0.05) is 11.3 Å². The lowest BCUT2D eigenvalue weighted by Crippen LogP contribution is -2.49. The molecule has 1 amide bonds. The molecule has 1 aliphatic rings. The maximum atomic E-state index is 12.7. The number of piperazine rings is 1. The number of carboxylic acids is 2. The molecule has 1 fully saturated rings. The van der Waals surface area contributed by atoms with E-state index >= 15 is 0 Å². The SMILES string of the molecule is Nc1nc2cc(C(=O)N3CCN(CCOCCO)CC3)ccc2s1.O=C(O)C(F)(F)F.O=C(O)C(F)(F)F. The molecule has 18 heteroatoms. The van der Waals surface area contributed by atoms with E-state index in [1.807, 2.05) is 23.1 Å². The maximum absolute atomic E-state index is 12.7. The minimum atomic E-state index is -5.08. The molecule has 0 spiro atoms. The molecule has 1 aromatic heterocycles. The van der Waals surface area contributed by atoms with Crippen LogP contribution >= 0.6 is 11.3 Å². The van der Waals surface area contributed by atoms with Crippen LogP contribution in [0.1, 0.15) is 10.4 Å². The van der Waals surface area contributed by atoms with Crippen LogP contribution in [-0.2, 0) is 14.3 Å². The van der Waals surface area contributed by atoms with Gasteiger partial charge in [-0.05, 0) is 18.2 Å². The van der Waals surface area contributed by atoms with Crippen LogP contribution in [0.15, 0.2) is 18.2 Å². The van der Waals surface area contributed by atoms with Gasteiger partial charge in [-0.15, -0.1) is 0 Å². The quantitative estimate of drug-likeness (QED) is 0.294. The van der Waals surface area contributed by atoms with Crippen molar-refractivity contribution in [1.82, 2.24) is 14.8 Å². The maximum Gasteiger partial charge on any atom is 0.490 e. The summed E-state index contributed by atoms with van der Waals surface area (Å²) in [5, 5.41) is 23.5. The lowest BCUT2D eigenvalue weighted by atomic mass is 10.1. The topological polar surface area (TPSA) is 167 Å². The first-order chi connectivity index (χ1) is 17.6. The monoisotopic (exact) mass is 578 g/mol. The Balaban J connectivity index is 0.000000426. The van der Waals surface area contributed by atoms with Crippen LogP contribution in [0.3, 0.4) is 0 Å². The normalized spacial score (nSPS) is 14.2. The fourth-order valence-corrected chi connectivity index (χ4v) is 3.51. The van der Waals surface area contributed by atoms with Gasteiger partial charge in [0, 0.05) is 38.3 Å². The molecule has 38 heavy (non-hydrogen) atoms. The molecule has 1 aliphatic heterocycles. The minimum absolute atomic E-state index is 0.0413. The third-order valence-corrected chi connectivity index (χ3v) is 5.45. The second kappa shape index (κ2) is 14.6. The Morgan fingerprint density at radius 3 is 1.97 bits per heavy atom. The van der Waals surface area contributed by atoms with Crippen LogP contribution in [0.25, 0.3) is 10.2 Å². The van der Waals surface area contributed by atoms with Gasteiger partial charge < -0.3 is 30.7 Å². The molecule has 5 N–H and O–H groups in total. The number of anilines is 1. The number of amides is 1. The summed E-state index contributed by atoms with van der Waals surface area (Å²) in [6.45, 7) is 4.94. The minimum Gasteiger partial charge on any atom is -0.475 e. The summed E-state index contributed by atoms with van der Waals surface area (Å²) in [6, 6.07) is 5.57. The molecule has 2 aromatic rings. The van der Waals surface area contributed by atoms with E-state index in [9.17, 15) is 31.1 Å². The van der Waals surface area contributed by atoms with Crippen LogP contribution in [0, 0.1) is 0 Å². The summed E-state index contributed by atoms with van der Waals surface area (Å²) < 4.78 is 69.8. The van der Waals surface area contributed by atoms with E-state index in [2.05, 4.69) is 9.88 Å². The Hall–Kier alpha value is -3.22. The number of thiazole rings is 1. The smallest absolute Gasteiger partial charge is 0.475 e. The standard InChI is InChI=1S/C16H22N4O3S.2C2HF3O2/c17-16-18-13-11-12(1-2-14(13)24-16)15(22)20-5-3-19(4-6-20)7-9-23-10-8-21;2*3-2(4,5)1(6)7/h1-2,11,21H,3-10H2,(H2,17,18);2*(H,6,7). The second-order valence-electron chi connectivity index (χ2n) is 7.31. The Labute approximate surface area is 215 Å². The summed E-state index contributed by atoms with van der Waals surface area (Å²) in [5.74, 6) is -5.47. The fourth-order valence-electron chi connectivity index (χ4n) is 2.80. The van der Waals surface area contributed by atoms with Crippen molar-refractivity contribution >= 4 is 44.5 Å². The Bertz CT molecular complexity index is 1050. The lowest BCUT2D eigenvalue weighted by molar-refractivity contribution is -0.193. The van der Waals surface area contributed by atoms with E-state index in [0.717, 1.165) is 29.9 Å². The third kappa shape index (κ3) is 11.4. The second-order valence-corrected chi connectivity index (χ2v) is 8.37. The van der Waals surface area contributed by atoms with E-state index in [0.29, 0.717) is 37.0 Å². The zero-order valence-corrected chi connectivity index (χ0v) is 20.3. The molecule has 1 saturated heterocycles. The average molecular weight is 578 g/mol. The molecule has 3 rings (SSSR count). The number of aromatic nitrogens is 1. The number of rotatable bonds is 6. The molecule has 0 atom stereocenters. The predicted molar refractivity (Wildman–Crippen MR) is 122 cm³/mol. The van der Waals surface area contributed by atoms with E-state index in [-0.39, 0.29) is 12.5 Å². The first-order valence-electron chi connectivity index (χ1n) is 10.5. The van der Waals surface area contributed by atoms with Gasteiger partial charge in [0.05, 0.1) is 30.0 Å². The van der Waals surface area contributed by atoms with Gasteiger partial charge in [-0.3, -0.25) is 9.69 Å². The number of nitrogens with zero attached hydrogens (tertiary/aromatic N) is 3. The van der Waals surface area contributed by atoms with E-state index in [1.54, 1.807) is 0 Å². The Morgan fingerprint density at radius 1 is 0.974 bits per heavy atom. The third-order valence-electron chi connectivity index (χ3n) is 4.58. The van der Waals surface area contributed by atoms with Gasteiger partial charge in [-0.2, -0.15) is 26.3 Å². The van der Waals surface area contributed by atoms with Crippen molar-refractivity contribution < 1.29 is 60.8 Å². The van der Waals surface area contributed by atoms with E-state index in [4.69, 9.17) is 35.4 Å². The summed E-state index contributed by atoms with van der Waals surface area (Å²) in [7, 11) is 0. The summed E-state index contributed by atoms with van der Waals surface area (Å²) >= 11 is 1.43. The highest BCUT2D eigenvalue weighted by Gasteiger charge is 2.38. The zero-order valence-electron chi connectivity index (χ0n) is 19.5. The summed E-state index contributed by atoms with van der Waals surface area (Å²) in [6.07, 6.45) is -10.2. The number of aliphatic hydroxyl groups excluding tert-OH is 1. The van der Waals surface area contributed by atoms with Crippen molar-refractivity contribution in [2.75, 3.05) is 58.3 Å². The van der Waals surface area contributed by atoms with Crippen LogP contribution in [0.2, 0.25) is 0 Å². The number of carbonyl (C=O) groups excluding carboxylic acids is 1. The highest BCUT2D eigenvalue weighted by Crippen LogP contribution is 2.25. The number of benzene rings is 1. The highest BCUT2D eigenvalue weighted by molar-refractivity contribution is 7.22. The number of carboxylic acid groups (broad SMARTS) is 2. The number of halogens is 6. The number of aliphatic hydroxyl groups is 1. The lowest BCUT2D eigenvalue weighted by Gasteiger charge is -2.34. The summed E-state index contributed by atoms with van der Waals surface area (Å²) in [4.78, 5) is 38.8. The first-order valence-corrected chi connectivity index (χ1v) is 11.3. The molecule has 2 heterocycles. The Kier molecular flexibility index (Phi) is 12.6. The largest absolute Gasteiger partial charge is 0.490 e. The van der Waals surface area contributed by atoms with Crippen molar-refractivity contribution in [1.29, 1.82) is 0 Å². The van der Waals surface area contributed by atoms with Crippen LogP contribution in [0.5, 0.6) is 0 Å². The van der Waals surface area contributed by atoms with Gasteiger partial charge in [-0.25, -0.2) is 14.6 Å². The number of nitrogens with two attached hydrogens (primary N) is 1. The number of nitrogen functional groups attached to an aromatic ring is 1. The molecule has 0 radical (unpaired) electrons. The molecule has 0 bridgehead atoms. The van der Waals surface area contributed by atoms with Crippen LogP contribution in [0.4, 0.5) is 31.5 Å². The average Bonchev–Trinajstić information content (AvgIpc) is 3.20. The first kappa shape index (κ1) is 32.8. The number of hydrogen-bond donors (Lipinski definition) is 4. The van der Waals surface area contributed by atoms with Gasteiger partial charge in [0.1, 0.15) is 0 Å². The number of ether oxygens (including phenoxy) is 1. The van der Waals surface area contributed by atoms with Crippen molar-refractivity contribution in [3.8, 4) is 0 Å². The number of aliphatic carboxylic acids is 2. The van der Waals surface area contributed by atoms with Gasteiger partial charge in [0.25, 0.3) is 5.91 Å². The molecule has 0 aliphatic carbocycles. The molecule has 1 aromatic carbocycles. The molecule has 214 valence electrons. The fraction of sp³-hybridized carbons (Fsp3) is 0.500. The van der Waals surface area contributed by atoms with Crippen LogP contribution in [-0.4, -0.2) is 113 Å². The Morgan fingerprint density at radius 2 is 1.50 bits per heavy atom. The molecule has 0 unspecified atom stereocenters. The predicted octanol–water partition coefficient (Wildman–Crippen LogP) is 1.91. The highest BCUT2D eigenvalue weighted by atomic mass is 32.1. The molecule has 11 nitrogen and oxygen atoms in total. The van der Waals surface area contributed by atoms with Crippen LogP contribution < -0.4 is 5.73 Å². The van der Waals surface area contributed by atoms with Crippen molar-refractivity contribution in [2.45, 2.75) is 12.4 Å². The summed E-state index contributed by atoms with van der Waals surface area (Å²) in [5.41, 5.74) is 7.16. The molecular formula is C20H24F6N4O7S. The van der Waals surface area contributed by atoms with E-state index in [1.165, 1.54) is 11.3 Å². The number of alkyl halides is 6. The van der Waals surface area contributed by atoms with Gasteiger partial charge in [0.15, 0.2) is 5.13 Å². The zero-order chi connectivity index (χ0) is 29.1. The molecular weight excluding hydrogens is 554 g/mol. The van der Waals surface area contributed by atoms with Gasteiger partial charge in [0.2, 0.25) is 0 Å². The van der Waals surface area contributed by atoms with E-state index < -0.39 is 24.3 Å². The van der Waals surface area contributed by atoms with Gasteiger partial charge >= 0.3 is 24.3 Å². The number of carbonyl (C=O) groups is 3. The van der Waals surface area contributed by atoms with Crippen molar-refractivity contribution in [2.24, 2.45) is 0 Å². The number of fused-ring (bicyclic) bond motifs is 1. The van der Waals surface area contributed by atoms with Crippen molar-refractivity contribution in [3.05, 3.63) is 23.8 Å². The number of hydrogen-bond acceptors (Lipinski definition) is 9.